The van der Waals surface area contributed by atoms with E-state index in [2.05, 4.69) is 15.6 Å². The molecule has 74 heavy (non-hydrogen) atoms. The Balaban J connectivity index is 1.36. The van der Waals surface area contributed by atoms with Crippen LogP contribution in [0.4, 0.5) is 5.82 Å². The second-order valence-corrected chi connectivity index (χ2v) is 18.6. The van der Waals surface area contributed by atoms with Crippen molar-refractivity contribution in [3.63, 3.8) is 0 Å². The summed E-state index contributed by atoms with van der Waals surface area (Å²) in [5, 5.41) is 189. The molecule has 5 fully saturated rings. The van der Waals surface area contributed by atoms with Gasteiger partial charge in [0.15, 0.2) is 31.5 Å². The molecule has 29 atom stereocenters. The Kier molecular flexibility index (Phi) is 21.9. The van der Waals surface area contributed by atoms with Crippen molar-refractivity contribution in [2.45, 2.75) is 199 Å². The van der Waals surface area contributed by atoms with Gasteiger partial charge in [-0.15, -0.1) is 0 Å². The zero-order valence-corrected chi connectivity index (χ0v) is 40.1. The van der Waals surface area contributed by atoms with Crippen LogP contribution in [0.1, 0.15) is 20.8 Å². The van der Waals surface area contributed by atoms with Crippen LogP contribution in [0, 0.1) is 0 Å². The highest BCUT2D eigenvalue weighted by atomic mass is 16.8. The Bertz CT molecular complexity index is 1860. The van der Waals surface area contributed by atoms with Gasteiger partial charge in [-0.3, -0.25) is 4.79 Å². The lowest BCUT2D eigenvalue weighted by atomic mass is 9.93. The van der Waals surface area contributed by atoms with Gasteiger partial charge in [-0.1, -0.05) is 6.07 Å². The highest BCUT2D eigenvalue weighted by molar-refractivity contribution is 5.73. The lowest BCUT2D eigenvalue weighted by molar-refractivity contribution is -0.399. The highest BCUT2D eigenvalue weighted by Gasteiger charge is 2.58. The summed E-state index contributed by atoms with van der Waals surface area (Å²) in [6, 6.07) is 2.91. The van der Waals surface area contributed by atoms with Crippen LogP contribution in [0.25, 0.3) is 0 Å². The first kappa shape index (κ1) is 60.6. The van der Waals surface area contributed by atoms with E-state index in [0.717, 1.165) is 6.92 Å². The van der Waals surface area contributed by atoms with Crippen LogP contribution in [-0.4, -0.2) is 309 Å². The average molecular weight is 1080 g/mol. The first-order valence-corrected chi connectivity index (χ1v) is 23.8. The number of ether oxygens (including phenoxy) is 10. The van der Waals surface area contributed by atoms with E-state index in [-0.39, 0.29) is 5.82 Å². The molecular formula is C43H71N3O28. The van der Waals surface area contributed by atoms with Crippen molar-refractivity contribution < 1.29 is 139 Å². The number of aromatic nitrogens is 1. The number of amides is 1. The number of carbonyl (C=O) groups excluding carboxylic acids is 1. The summed E-state index contributed by atoms with van der Waals surface area (Å²) in [5.74, 6) is -0.622. The van der Waals surface area contributed by atoms with Crippen LogP contribution in [0.5, 0.6) is 0 Å². The molecule has 19 N–H and O–H groups in total. The topological polar surface area (TPSA) is 490 Å². The molecule has 1 aromatic rings. The Morgan fingerprint density at radius 2 is 1.09 bits per heavy atom. The summed E-state index contributed by atoms with van der Waals surface area (Å²) < 4.78 is 59.2. The van der Waals surface area contributed by atoms with Crippen LogP contribution >= 0.6 is 0 Å². The van der Waals surface area contributed by atoms with Crippen molar-refractivity contribution in [2.24, 2.45) is 0 Å². The Labute approximate surface area is 421 Å². The summed E-state index contributed by atoms with van der Waals surface area (Å²) in [7, 11) is 0. The van der Waals surface area contributed by atoms with Gasteiger partial charge in [-0.2, -0.15) is 0 Å². The summed E-state index contributed by atoms with van der Waals surface area (Å²) >= 11 is 0. The molecule has 0 unspecified atom stereocenters. The van der Waals surface area contributed by atoms with Gasteiger partial charge < -0.3 is 145 Å². The lowest BCUT2D eigenvalue weighted by Crippen LogP contribution is -2.71. The quantitative estimate of drug-likeness (QED) is 0.0543. The number of hydrogen-bond donors (Lipinski definition) is 19. The summed E-state index contributed by atoms with van der Waals surface area (Å²) in [5.41, 5.74) is 0. The third kappa shape index (κ3) is 13.6. The van der Waals surface area contributed by atoms with Gasteiger partial charge in [-0.05, 0) is 26.0 Å². The van der Waals surface area contributed by atoms with Gasteiger partial charge in [-0.25, -0.2) is 4.98 Å². The maximum atomic E-state index is 13.2. The largest absolute Gasteiger partial charge is 0.394 e. The number of carbonyl (C=O) groups is 1. The van der Waals surface area contributed by atoms with Gasteiger partial charge >= 0.3 is 0 Å². The van der Waals surface area contributed by atoms with E-state index in [4.69, 9.17) is 47.4 Å². The smallest absolute Gasteiger partial charge is 0.217 e. The average Bonchev–Trinajstić information content (AvgIpc) is 3.38. The van der Waals surface area contributed by atoms with Crippen molar-refractivity contribution in [1.29, 1.82) is 0 Å². The van der Waals surface area contributed by atoms with Gasteiger partial charge in [0.2, 0.25) is 5.91 Å². The maximum absolute atomic E-state index is 13.2. The van der Waals surface area contributed by atoms with Gasteiger partial charge in [0.1, 0.15) is 134 Å². The third-order valence-electron chi connectivity index (χ3n) is 13.4. The first-order chi connectivity index (χ1) is 35.1. The molecule has 426 valence electrons. The number of hydrogen-bond acceptors (Lipinski definition) is 30. The minimum atomic E-state index is -2.25. The number of anilines is 1. The lowest BCUT2D eigenvalue weighted by Gasteiger charge is -2.52. The fourth-order valence-electron chi connectivity index (χ4n) is 9.06. The molecule has 1 amide bonds. The van der Waals surface area contributed by atoms with Gasteiger partial charge in [0.25, 0.3) is 0 Å². The number of aliphatic hydroxyl groups excluding tert-OH is 17. The molecule has 31 heteroatoms. The van der Waals surface area contributed by atoms with E-state index in [9.17, 15) is 91.6 Å². The minimum absolute atomic E-state index is 0.283. The van der Waals surface area contributed by atoms with Crippen LogP contribution < -0.4 is 10.6 Å². The summed E-state index contributed by atoms with van der Waals surface area (Å²) in [4.78, 5) is 17.2. The molecule has 0 aliphatic carbocycles. The van der Waals surface area contributed by atoms with E-state index in [1.807, 2.05) is 0 Å². The monoisotopic (exact) mass is 1080 g/mol. The third-order valence-corrected chi connectivity index (χ3v) is 13.4. The number of rotatable bonds is 21. The van der Waals surface area contributed by atoms with E-state index in [0.29, 0.717) is 0 Å². The normalized spacial score (nSPS) is 44.7. The van der Waals surface area contributed by atoms with Crippen molar-refractivity contribution >= 4 is 11.7 Å². The van der Waals surface area contributed by atoms with Crippen molar-refractivity contribution in [3.05, 3.63) is 24.4 Å². The Morgan fingerprint density at radius 3 is 1.64 bits per heavy atom. The van der Waals surface area contributed by atoms with E-state index < -0.39 is 217 Å². The predicted octanol–water partition coefficient (Wildman–Crippen LogP) is -10.8. The molecule has 0 radical (unpaired) electrons. The second-order valence-electron chi connectivity index (χ2n) is 18.6. The molecule has 6 heterocycles. The van der Waals surface area contributed by atoms with E-state index >= 15 is 0 Å². The molecule has 5 aliphatic rings. The number of nitrogens with one attached hydrogen (secondary N) is 2. The molecule has 5 aliphatic heterocycles. The molecule has 1 aromatic heterocycles. The Morgan fingerprint density at radius 1 is 0.568 bits per heavy atom. The Hall–Kier alpha value is -2.66. The van der Waals surface area contributed by atoms with Crippen molar-refractivity contribution in [3.8, 4) is 0 Å². The van der Waals surface area contributed by atoms with Crippen LogP contribution in [0.15, 0.2) is 24.4 Å². The van der Waals surface area contributed by atoms with E-state index in [1.54, 1.807) is 18.2 Å². The summed E-state index contributed by atoms with van der Waals surface area (Å²) in [6.07, 6.45) is -51.6. The van der Waals surface area contributed by atoms with Crippen LogP contribution in [0.2, 0.25) is 0 Å². The predicted molar refractivity (Wildman–Crippen MR) is 236 cm³/mol. The number of aliphatic hydroxyl groups is 17. The van der Waals surface area contributed by atoms with Gasteiger partial charge in [0, 0.05) is 19.7 Å². The molecule has 5 saturated heterocycles. The first-order valence-electron chi connectivity index (χ1n) is 23.8. The zero-order chi connectivity index (χ0) is 54.5. The number of pyridine rings is 1. The fourth-order valence-corrected chi connectivity index (χ4v) is 9.06. The standard InChI is InChI=1S/C43H71N3O28/c1-13-23(54)28(59)31(62)40(65-13)71-35-20(12-50)69-39(22(46-15(3)51)36(35)72-43-38(30(61)26(57)18(10-48)68-43)74-41-32(63)29(60)24(55)14(2)66-41)73-37-27(58)19(11-49)67-42(33(37)64)70-34(17(53)9-47)25(56)16(52)8-45-21-6-4-5-7-44-21/h4-7,13-14,16-20,22-43,47-50,52-64H,8-12H2,1-3H3,(H,44,45)(H,46,51)/t13-,14-,16-,17+,18+,19+,20+,22+,23+,24+,25+,26-,27-,28+,29+,30-,31-,32-,33+,34+,35+,36+,37-,38+,39-,40-,41-,42-,43-/m0/s1. The van der Waals surface area contributed by atoms with Crippen molar-refractivity contribution in [2.75, 3.05) is 38.3 Å². The molecule has 0 bridgehead atoms. The maximum Gasteiger partial charge on any atom is 0.217 e. The minimum Gasteiger partial charge on any atom is -0.394 e. The molecule has 0 saturated carbocycles. The fraction of sp³-hybridized carbons (Fsp3) is 0.860. The molecular weight excluding hydrogens is 1010 g/mol. The van der Waals surface area contributed by atoms with Gasteiger partial charge in [0.05, 0.1) is 44.7 Å². The van der Waals surface area contributed by atoms with Crippen molar-refractivity contribution in [1.82, 2.24) is 10.3 Å². The summed E-state index contributed by atoms with van der Waals surface area (Å²) in [6.45, 7) is -0.979. The highest BCUT2D eigenvalue weighted by Crippen LogP contribution is 2.38. The zero-order valence-electron chi connectivity index (χ0n) is 40.1. The molecule has 0 aromatic carbocycles. The van der Waals surface area contributed by atoms with E-state index in [1.165, 1.54) is 20.0 Å². The molecule has 31 nitrogen and oxygen atoms in total. The number of nitrogens with zero attached hydrogens (tertiary/aromatic N) is 1. The van der Waals surface area contributed by atoms with Crippen LogP contribution in [-0.2, 0) is 52.2 Å². The molecule has 0 spiro atoms. The van der Waals surface area contributed by atoms with Crippen LogP contribution in [0.3, 0.4) is 0 Å². The molecule has 6 rings (SSSR count). The second kappa shape index (κ2) is 26.8. The SMILES string of the molecule is CC(=O)N[C@H]1[C@H](O[C@H]2[C@@H](O)[C@@H](CO)O[C@@H](O[C@@H]([C@H](O)[C@@H](O)CNc3ccccn3)[C@H](O)CO)[C@@H]2O)O[C@H](CO)[C@@H](O[C@@H]2O[C@@H](C)[C@@H](O)[C@@H](O)[C@@H]2O)[C@@H]1O[C@@H]1O[C@H](CO)[C@H](O)[C@H](O)[C@H]1O[C@@H]1O[C@@H](C)[C@@H](O)[C@@H](O)[C@@H]1O.